The van der Waals surface area contributed by atoms with E-state index in [1.807, 2.05) is 19.9 Å². The molecule has 3 rings (SSSR count). The van der Waals surface area contributed by atoms with Gasteiger partial charge in [0.05, 0.1) is 10.8 Å². The van der Waals surface area contributed by atoms with Crippen molar-refractivity contribution in [3.05, 3.63) is 54.4 Å². The molecule has 184 valence electrons. The molecule has 0 radical (unpaired) electrons. The van der Waals surface area contributed by atoms with Crippen molar-refractivity contribution in [2.24, 2.45) is 5.92 Å². The Balaban J connectivity index is 1.61. The molecule has 34 heavy (non-hydrogen) atoms. The number of sulfonamides is 1. The number of nitrogens with zero attached hydrogens (tertiary/aromatic N) is 2. The van der Waals surface area contributed by atoms with Crippen LogP contribution in [0.2, 0.25) is 0 Å². The summed E-state index contributed by atoms with van der Waals surface area (Å²) < 4.78 is 28.8. The van der Waals surface area contributed by atoms with Gasteiger partial charge in [-0.1, -0.05) is 18.9 Å². The van der Waals surface area contributed by atoms with Gasteiger partial charge >= 0.3 is 6.03 Å². The summed E-state index contributed by atoms with van der Waals surface area (Å²) in [6.07, 6.45) is 6.43. The van der Waals surface area contributed by atoms with Gasteiger partial charge in [-0.3, -0.25) is 9.78 Å². The lowest BCUT2D eigenvalue weighted by atomic mass is 9.84. The van der Waals surface area contributed by atoms with E-state index in [2.05, 4.69) is 20.3 Å². The van der Waals surface area contributed by atoms with Gasteiger partial charge in [-0.05, 0) is 62.6 Å². The van der Waals surface area contributed by atoms with Gasteiger partial charge < -0.3 is 15.5 Å². The van der Waals surface area contributed by atoms with E-state index in [9.17, 15) is 18.0 Å². The Kier molecular flexibility index (Phi) is 9.00. The SMILES string of the molecule is CCN(CC)C(=O)C1CCCCC1NS(=O)(=O)c1ccc(NC(=O)NCc2cccnc2)cc1. The summed E-state index contributed by atoms with van der Waals surface area (Å²) >= 11 is 0. The first-order valence-corrected chi connectivity index (χ1v) is 13.2. The van der Waals surface area contributed by atoms with Crippen molar-refractivity contribution < 1.29 is 18.0 Å². The van der Waals surface area contributed by atoms with Crippen molar-refractivity contribution in [2.45, 2.75) is 57.0 Å². The number of anilines is 1. The number of hydrogen-bond donors (Lipinski definition) is 3. The number of amides is 3. The molecule has 3 N–H and O–H groups in total. The number of pyridine rings is 1. The molecule has 10 heteroatoms. The summed E-state index contributed by atoms with van der Waals surface area (Å²) in [6, 6.07) is 8.78. The minimum absolute atomic E-state index is 0.00856. The molecule has 0 aliphatic heterocycles. The van der Waals surface area contributed by atoms with Gasteiger partial charge in [-0.25, -0.2) is 17.9 Å². The molecule has 1 aromatic heterocycles. The van der Waals surface area contributed by atoms with Crippen LogP contribution in [0.4, 0.5) is 10.5 Å². The molecule has 3 amide bonds. The molecule has 0 bridgehead atoms. The number of carbonyl (C=O) groups excluding carboxylic acids is 2. The van der Waals surface area contributed by atoms with Crippen molar-refractivity contribution in [1.29, 1.82) is 0 Å². The molecule has 1 aliphatic rings. The topological polar surface area (TPSA) is 121 Å². The van der Waals surface area contributed by atoms with Gasteiger partial charge in [0.25, 0.3) is 0 Å². The second kappa shape index (κ2) is 11.9. The normalized spacial score (nSPS) is 18.2. The standard InChI is InChI=1S/C24H33N5O4S/c1-3-29(4-2)23(30)21-9-5-6-10-22(21)28-34(32,33)20-13-11-19(12-14-20)27-24(31)26-17-18-8-7-15-25-16-18/h7-8,11-16,21-22,28H,3-6,9-10,17H2,1-2H3,(H2,26,27,31). The highest BCUT2D eigenvalue weighted by Crippen LogP contribution is 2.28. The Morgan fingerprint density at radius 2 is 1.76 bits per heavy atom. The molecule has 2 unspecified atom stereocenters. The lowest BCUT2D eigenvalue weighted by molar-refractivity contribution is -0.136. The van der Waals surface area contributed by atoms with Crippen molar-refractivity contribution in [2.75, 3.05) is 18.4 Å². The average molecular weight is 488 g/mol. The molecule has 2 aromatic rings. The smallest absolute Gasteiger partial charge is 0.319 e. The van der Waals surface area contributed by atoms with E-state index in [0.717, 1.165) is 18.4 Å². The lowest BCUT2D eigenvalue weighted by Gasteiger charge is -2.34. The minimum Gasteiger partial charge on any atom is -0.343 e. The highest BCUT2D eigenvalue weighted by Gasteiger charge is 2.35. The Morgan fingerprint density at radius 1 is 1.06 bits per heavy atom. The first kappa shape index (κ1) is 25.6. The van der Waals surface area contributed by atoms with Crippen LogP contribution in [-0.2, 0) is 21.4 Å². The van der Waals surface area contributed by atoms with E-state index in [1.165, 1.54) is 24.3 Å². The summed E-state index contributed by atoms with van der Waals surface area (Å²) in [5, 5.41) is 5.41. The largest absolute Gasteiger partial charge is 0.343 e. The summed E-state index contributed by atoms with van der Waals surface area (Å²) in [5.41, 5.74) is 1.33. The fourth-order valence-corrected chi connectivity index (χ4v) is 5.49. The molecule has 1 fully saturated rings. The van der Waals surface area contributed by atoms with Crippen LogP contribution in [-0.4, -0.2) is 49.4 Å². The fraction of sp³-hybridized carbons (Fsp3) is 0.458. The Bertz CT molecular complexity index is 1060. The van der Waals surface area contributed by atoms with E-state index in [0.29, 0.717) is 38.2 Å². The predicted octanol–water partition coefficient (Wildman–Crippen LogP) is 3.11. The Labute approximate surface area is 201 Å². The summed E-state index contributed by atoms with van der Waals surface area (Å²) in [5.74, 6) is -0.345. The molecule has 1 aromatic carbocycles. The minimum atomic E-state index is -3.81. The van der Waals surface area contributed by atoms with Crippen LogP contribution in [0.25, 0.3) is 0 Å². The zero-order valence-electron chi connectivity index (χ0n) is 19.7. The monoisotopic (exact) mass is 487 g/mol. The number of rotatable bonds is 9. The lowest BCUT2D eigenvalue weighted by Crippen LogP contribution is -2.49. The van der Waals surface area contributed by atoms with Gasteiger partial charge in [0, 0.05) is 43.8 Å². The molecule has 0 spiro atoms. The number of nitrogens with one attached hydrogen (secondary N) is 3. The van der Waals surface area contributed by atoms with Gasteiger partial charge in [0.1, 0.15) is 0 Å². The van der Waals surface area contributed by atoms with E-state index >= 15 is 0 Å². The molecule has 1 aliphatic carbocycles. The number of carbonyl (C=O) groups is 2. The predicted molar refractivity (Wildman–Crippen MR) is 131 cm³/mol. The second-order valence-corrected chi connectivity index (χ2v) is 10.0. The maximum atomic E-state index is 13.0. The quantitative estimate of drug-likeness (QED) is 0.502. The molecular formula is C24H33N5O4S. The van der Waals surface area contributed by atoms with Gasteiger partial charge in [-0.15, -0.1) is 0 Å². The molecule has 1 heterocycles. The van der Waals surface area contributed by atoms with E-state index in [1.54, 1.807) is 23.4 Å². The Morgan fingerprint density at radius 3 is 2.41 bits per heavy atom. The fourth-order valence-electron chi connectivity index (χ4n) is 4.18. The van der Waals surface area contributed by atoms with Crippen LogP contribution < -0.4 is 15.4 Å². The summed E-state index contributed by atoms with van der Waals surface area (Å²) in [6.45, 7) is 5.40. The maximum absolute atomic E-state index is 13.0. The number of aromatic nitrogens is 1. The van der Waals surface area contributed by atoms with Crippen LogP contribution in [0.1, 0.15) is 45.1 Å². The zero-order valence-corrected chi connectivity index (χ0v) is 20.5. The molecule has 2 atom stereocenters. The van der Waals surface area contributed by atoms with Crippen molar-refractivity contribution >= 4 is 27.6 Å². The third-order valence-corrected chi connectivity index (χ3v) is 7.57. The van der Waals surface area contributed by atoms with Gasteiger partial charge in [-0.2, -0.15) is 0 Å². The molecule has 9 nitrogen and oxygen atoms in total. The summed E-state index contributed by atoms with van der Waals surface area (Å²) in [7, 11) is -3.81. The highest BCUT2D eigenvalue weighted by atomic mass is 32.2. The maximum Gasteiger partial charge on any atom is 0.319 e. The first-order valence-electron chi connectivity index (χ1n) is 11.7. The summed E-state index contributed by atoms with van der Waals surface area (Å²) in [4.78, 5) is 30.9. The third kappa shape index (κ3) is 6.77. The van der Waals surface area contributed by atoms with Crippen LogP contribution in [0, 0.1) is 5.92 Å². The van der Waals surface area contributed by atoms with Gasteiger partial charge in [0.15, 0.2) is 0 Å². The van der Waals surface area contributed by atoms with Crippen LogP contribution in [0.15, 0.2) is 53.7 Å². The van der Waals surface area contributed by atoms with E-state index in [4.69, 9.17) is 0 Å². The first-order chi connectivity index (χ1) is 16.3. The average Bonchev–Trinajstić information content (AvgIpc) is 2.84. The van der Waals surface area contributed by atoms with Crippen molar-refractivity contribution in [3.8, 4) is 0 Å². The van der Waals surface area contributed by atoms with Crippen LogP contribution in [0.3, 0.4) is 0 Å². The number of benzene rings is 1. The Hall–Kier alpha value is -2.98. The molecule has 1 saturated carbocycles. The molecular weight excluding hydrogens is 454 g/mol. The van der Waals surface area contributed by atoms with E-state index < -0.39 is 22.1 Å². The third-order valence-electron chi connectivity index (χ3n) is 6.06. The van der Waals surface area contributed by atoms with Gasteiger partial charge in [0.2, 0.25) is 15.9 Å². The number of hydrogen-bond acceptors (Lipinski definition) is 5. The zero-order chi connectivity index (χ0) is 24.6. The highest BCUT2D eigenvalue weighted by molar-refractivity contribution is 7.89. The second-order valence-electron chi connectivity index (χ2n) is 8.32. The number of urea groups is 1. The van der Waals surface area contributed by atoms with Crippen molar-refractivity contribution in [3.63, 3.8) is 0 Å². The van der Waals surface area contributed by atoms with Crippen LogP contribution in [0.5, 0.6) is 0 Å². The van der Waals surface area contributed by atoms with E-state index in [-0.39, 0.29) is 16.7 Å². The molecule has 0 saturated heterocycles. The van der Waals surface area contributed by atoms with Crippen molar-refractivity contribution in [1.82, 2.24) is 19.9 Å². The van der Waals surface area contributed by atoms with Crippen LogP contribution >= 0.6 is 0 Å².